The normalized spacial score (nSPS) is 21.1. The van der Waals surface area contributed by atoms with Gasteiger partial charge in [-0.1, -0.05) is 17.9 Å². The Morgan fingerprint density at radius 1 is 1.55 bits per heavy atom. The van der Waals surface area contributed by atoms with Crippen LogP contribution in [0.25, 0.3) is 0 Å². The molecule has 1 aromatic carbocycles. The number of aryl methyl sites for hydroxylation is 1. The number of nitrogens with one attached hydrogen (secondary N) is 1. The number of amides is 1. The van der Waals surface area contributed by atoms with Gasteiger partial charge in [0, 0.05) is 12.2 Å². The number of hydrogen-bond acceptors (Lipinski definition) is 3. The smallest absolute Gasteiger partial charge is 0.230 e. The van der Waals surface area contributed by atoms with Gasteiger partial charge in [0.15, 0.2) is 0 Å². The topological polar surface area (TPSA) is 64.3 Å². The molecular weight excluding hydrogens is 252 g/mol. The fourth-order valence-corrected chi connectivity index (χ4v) is 2.32. The van der Waals surface area contributed by atoms with Crippen LogP contribution in [0.3, 0.4) is 0 Å². The fraction of sp³-hybridized carbons (Fsp3) is 0.438. The van der Waals surface area contributed by atoms with E-state index < -0.39 is 0 Å². The van der Waals surface area contributed by atoms with E-state index in [9.17, 15) is 4.79 Å². The number of hydrogen-bond donors (Lipinski definition) is 2. The Morgan fingerprint density at radius 3 is 3.00 bits per heavy atom. The first-order chi connectivity index (χ1) is 9.61. The van der Waals surface area contributed by atoms with Gasteiger partial charge >= 0.3 is 0 Å². The Balaban J connectivity index is 2.19. The van der Waals surface area contributed by atoms with E-state index in [0.717, 1.165) is 23.2 Å². The second-order valence-electron chi connectivity index (χ2n) is 5.02. The molecule has 1 aliphatic heterocycles. The Bertz CT molecular complexity index is 557. The summed E-state index contributed by atoms with van der Waals surface area (Å²) >= 11 is 0. The van der Waals surface area contributed by atoms with Crippen molar-refractivity contribution in [3.05, 3.63) is 29.3 Å². The summed E-state index contributed by atoms with van der Waals surface area (Å²) in [5, 5.41) is 2.97. The third kappa shape index (κ3) is 3.38. The molecule has 0 saturated carbocycles. The highest BCUT2D eigenvalue weighted by Crippen LogP contribution is 2.24. The summed E-state index contributed by atoms with van der Waals surface area (Å²) in [5.41, 5.74) is 8.01. The third-order valence-electron chi connectivity index (χ3n) is 3.47. The first-order valence-corrected chi connectivity index (χ1v) is 6.84. The van der Waals surface area contributed by atoms with E-state index in [1.165, 1.54) is 0 Å². The summed E-state index contributed by atoms with van der Waals surface area (Å²) in [5.74, 6) is 5.71. The maximum absolute atomic E-state index is 12.3. The Morgan fingerprint density at radius 2 is 2.35 bits per heavy atom. The molecule has 1 amide bonds. The van der Waals surface area contributed by atoms with Crippen LogP contribution in [0, 0.1) is 24.7 Å². The molecule has 1 fully saturated rings. The predicted molar refractivity (Wildman–Crippen MR) is 79.3 cm³/mol. The highest BCUT2D eigenvalue weighted by molar-refractivity contribution is 5.94. The molecule has 3 N–H and O–H groups in total. The third-order valence-corrected chi connectivity index (χ3v) is 3.47. The van der Waals surface area contributed by atoms with Crippen molar-refractivity contribution >= 4 is 11.6 Å². The average molecular weight is 272 g/mol. The van der Waals surface area contributed by atoms with E-state index in [-0.39, 0.29) is 17.9 Å². The molecule has 2 rings (SSSR count). The van der Waals surface area contributed by atoms with Crippen LogP contribution in [0.2, 0.25) is 0 Å². The highest BCUT2D eigenvalue weighted by atomic mass is 16.5. The van der Waals surface area contributed by atoms with Gasteiger partial charge in [-0.05, 0) is 38.0 Å². The quantitative estimate of drug-likeness (QED) is 0.805. The number of carbonyl (C=O) groups is 1. The summed E-state index contributed by atoms with van der Waals surface area (Å²) in [6, 6.07) is 5.80. The second-order valence-corrected chi connectivity index (χ2v) is 5.02. The van der Waals surface area contributed by atoms with Gasteiger partial charge in [0.25, 0.3) is 0 Å². The number of rotatable bonds is 2. The van der Waals surface area contributed by atoms with Crippen molar-refractivity contribution in [1.29, 1.82) is 0 Å². The van der Waals surface area contributed by atoms with E-state index in [1.807, 2.05) is 32.0 Å². The van der Waals surface area contributed by atoms with Crippen LogP contribution in [0.5, 0.6) is 0 Å². The number of carbonyl (C=O) groups excluding carboxylic acids is 1. The molecule has 1 heterocycles. The molecule has 1 aliphatic rings. The molecule has 0 spiro atoms. The van der Waals surface area contributed by atoms with Gasteiger partial charge in [-0.15, -0.1) is 0 Å². The largest absolute Gasteiger partial charge is 0.378 e. The molecule has 0 bridgehead atoms. The van der Waals surface area contributed by atoms with Crippen molar-refractivity contribution in [2.45, 2.75) is 26.4 Å². The Labute approximate surface area is 119 Å². The highest BCUT2D eigenvalue weighted by Gasteiger charge is 2.30. The van der Waals surface area contributed by atoms with Gasteiger partial charge in [-0.25, -0.2) is 0 Å². The van der Waals surface area contributed by atoms with Crippen LogP contribution in [0.1, 0.15) is 24.5 Å². The SMILES string of the molecule is Cc1ccc(C#CCN)c(NC(=O)C2CCOC2C)c1. The Kier molecular flexibility index (Phi) is 4.78. The van der Waals surface area contributed by atoms with Crippen LogP contribution in [-0.4, -0.2) is 25.2 Å². The maximum Gasteiger partial charge on any atom is 0.230 e. The molecule has 4 nitrogen and oxygen atoms in total. The van der Waals surface area contributed by atoms with Gasteiger partial charge in [-0.2, -0.15) is 0 Å². The summed E-state index contributed by atoms with van der Waals surface area (Å²) in [6.07, 6.45) is 0.737. The number of nitrogens with two attached hydrogens (primary N) is 1. The molecule has 1 saturated heterocycles. The summed E-state index contributed by atoms with van der Waals surface area (Å²) in [6.45, 7) is 4.86. The molecule has 2 unspecified atom stereocenters. The molecular formula is C16H20N2O2. The second kappa shape index (κ2) is 6.56. The van der Waals surface area contributed by atoms with E-state index in [1.54, 1.807) is 0 Å². The molecule has 0 radical (unpaired) electrons. The lowest BCUT2D eigenvalue weighted by Crippen LogP contribution is -2.28. The fourth-order valence-electron chi connectivity index (χ4n) is 2.32. The van der Waals surface area contributed by atoms with Crippen LogP contribution in [-0.2, 0) is 9.53 Å². The maximum atomic E-state index is 12.3. The van der Waals surface area contributed by atoms with Crippen molar-refractivity contribution < 1.29 is 9.53 Å². The van der Waals surface area contributed by atoms with E-state index >= 15 is 0 Å². The van der Waals surface area contributed by atoms with E-state index in [0.29, 0.717) is 13.2 Å². The number of anilines is 1. The monoisotopic (exact) mass is 272 g/mol. The number of ether oxygens (including phenoxy) is 1. The van der Waals surface area contributed by atoms with Crippen molar-refractivity contribution in [1.82, 2.24) is 0 Å². The van der Waals surface area contributed by atoms with Gasteiger partial charge < -0.3 is 15.8 Å². The minimum absolute atomic E-state index is 0.00333. The van der Waals surface area contributed by atoms with Crippen molar-refractivity contribution in [2.75, 3.05) is 18.5 Å². The zero-order valence-electron chi connectivity index (χ0n) is 11.9. The van der Waals surface area contributed by atoms with Crippen molar-refractivity contribution in [3.63, 3.8) is 0 Å². The molecule has 1 aromatic rings. The van der Waals surface area contributed by atoms with Gasteiger partial charge in [-0.3, -0.25) is 4.79 Å². The van der Waals surface area contributed by atoms with Crippen LogP contribution in [0.15, 0.2) is 18.2 Å². The predicted octanol–water partition coefficient (Wildman–Crippen LogP) is 1.67. The lowest BCUT2D eigenvalue weighted by Gasteiger charge is -2.15. The summed E-state index contributed by atoms with van der Waals surface area (Å²) < 4.78 is 5.44. The molecule has 0 aliphatic carbocycles. The zero-order chi connectivity index (χ0) is 14.5. The van der Waals surface area contributed by atoms with Crippen molar-refractivity contribution in [2.24, 2.45) is 11.7 Å². The summed E-state index contributed by atoms with van der Waals surface area (Å²) in [7, 11) is 0. The van der Waals surface area contributed by atoms with Gasteiger partial charge in [0.05, 0.1) is 24.3 Å². The zero-order valence-corrected chi connectivity index (χ0v) is 11.9. The minimum atomic E-state index is -0.0918. The Hall–Kier alpha value is -1.83. The van der Waals surface area contributed by atoms with Crippen LogP contribution in [0.4, 0.5) is 5.69 Å². The van der Waals surface area contributed by atoms with Crippen molar-refractivity contribution in [3.8, 4) is 11.8 Å². The number of benzene rings is 1. The molecule has 106 valence electrons. The van der Waals surface area contributed by atoms with Gasteiger partial charge in [0.1, 0.15) is 0 Å². The molecule has 20 heavy (non-hydrogen) atoms. The molecule has 0 aromatic heterocycles. The van der Waals surface area contributed by atoms with E-state index in [4.69, 9.17) is 10.5 Å². The lowest BCUT2D eigenvalue weighted by molar-refractivity contribution is -0.121. The molecule has 4 heteroatoms. The summed E-state index contributed by atoms with van der Waals surface area (Å²) in [4.78, 5) is 12.3. The minimum Gasteiger partial charge on any atom is -0.378 e. The van der Waals surface area contributed by atoms with E-state index in [2.05, 4.69) is 17.2 Å². The van der Waals surface area contributed by atoms with Crippen LogP contribution < -0.4 is 11.1 Å². The average Bonchev–Trinajstić information content (AvgIpc) is 2.84. The first kappa shape index (κ1) is 14.6. The van der Waals surface area contributed by atoms with Gasteiger partial charge in [0.2, 0.25) is 5.91 Å². The molecule has 2 atom stereocenters. The standard InChI is InChI=1S/C16H20N2O2/c1-11-5-6-13(4-3-8-17)15(10-11)18-16(19)14-7-9-20-12(14)2/h5-6,10,12,14H,7-9,17H2,1-2H3,(H,18,19). The lowest BCUT2D eigenvalue weighted by atomic mass is 10.0. The first-order valence-electron chi connectivity index (χ1n) is 6.84. The van der Waals surface area contributed by atoms with Crippen LogP contribution >= 0.6 is 0 Å².